The lowest BCUT2D eigenvalue weighted by Crippen LogP contribution is -1.92. The van der Waals surface area contributed by atoms with E-state index < -0.39 is 5.97 Å². The first kappa shape index (κ1) is 15.3. The number of para-hydroxylation sites is 1. The van der Waals surface area contributed by atoms with Crippen molar-refractivity contribution in [1.29, 1.82) is 0 Å². The molecule has 0 amide bonds. The molecule has 2 N–H and O–H groups in total. The van der Waals surface area contributed by atoms with Gasteiger partial charge in [-0.2, -0.15) is 0 Å². The second-order valence-electron chi connectivity index (χ2n) is 4.23. The molecule has 21 heavy (non-hydrogen) atoms. The van der Waals surface area contributed by atoms with Crippen molar-refractivity contribution in [3.63, 3.8) is 0 Å². The average molecular weight is 349 g/mol. The van der Waals surface area contributed by atoms with Crippen LogP contribution in [0.2, 0.25) is 0 Å². The van der Waals surface area contributed by atoms with Crippen LogP contribution in [0.15, 0.2) is 53.0 Å². The molecule has 108 valence electrons. The van der Waals surface area contributed by atoms with Gasteiger partial charge < -0.3 is 14.9 Å². The molecule has 2 aromatic carbocycles. The van der Waals surface area contributed by atoms with E-state index in [-0.39, 0.29) is 6.61 Å². The smallest absolute Gasteiger partial charge is 0.328 e. The lowest BCUT2D eigenvalue weighted by Gasteiger charge is -2.11. The molecule has 0 atom stereocenters. The molecule has 4 nitrogen and oxygen atoms in total. The molecule has 0 aliphatic heterocycles. The van der Waals surface area contributed by atoms with Gasteiger partial charge in [-0.05, 0) is 45.8 Å². The minimum Gasteiger partial charge on any atom is -0.478 e. The maximum Gasteiger partial charge on any atom is 0.328 e. The van der Waals surface area contributed by atoms with E-state index in [1.807, 2.05) is 12.1 Å². The third kappa shape index (κ3) is 4.18. The van der Waals surface area contributed by atoms with E-state index in [9.17, 15) is 9.90 Å². The molecule has 0 saturated heterocycles. The molecule has 0 aliphatic rings. The molecule has 2 aromatic rings. The SMILES string of the molecule is O=C(O)/C=C/c1ccc(Oc2ccccc2CO)c(Br)c1. The molecular formula is C16H13BrO4. The number of halogens is 1. The van der Waals surface area contributed by atoms with Gasteiger partial charge in [0.15, 0.2) is 0 Å². The van der Waals surface area contributed by atoms with Crippen molar-refractivity contribution in [3.05, 3.63) is 64.1 Å². The lowest BCUT2D eigenvalue weighted by molar-refractivity contribution is -0.131. The molecule has 0 heterocycles. The van der Waals surface area contributed by atoms with Gasteiger partial charge in [-0.3, -0.25) is 0 Å². The standard InChI is InChI=1S/C16H13BrO4/c17-13-9-11(6-8-16(19)20)5-7-15(13)21-14-4-2-1-3-12(14)10-18/h1-9,18H,10H2,(H,19,20)/b8-6+. The second kappa shape index (κ2) is 7.06. The van der Waals surface area contributed by atoms with Crippen LogP contribution in [0.25, 0.3) is 6.08 Å². The number of aliphatic hydroxyl groups excluding tert-OH is 1. The summed E-state index contributed by atoms with van der Waals surface area (Å²) < 4.78 is 6.46. The highest BCUT2D eigenvalue weighted by molar-refractivity contribution is 9.10. The average Bonchev–Trinajstić information content (AvgIpc) is 2.48. The number of carbonyl (C=O) groups is 1. The quantitative estimate of drug-likeness (QED) is 0.805. The molecule has 0 saturated carbocycles. The van der Waals surface area contributed by atoms with Crippen molar-refractivity contribution in [1.82, 2.24) is 0 Å². The van der Waals surface area contributed by atoms with Crippen LogP contribution in [0.5, 0.6) is 11.5 Å². The third-order valence-electron chi connectivity index (χ3n) is 2.74. The summed E-state index contributed by atoms with van der Waals surface area (Å²) in [4.78, 5) is 10.5. The molecular weight excluding hydrogens is 336 g/mol. The first-order chi connectivity index (χ1) is 10.1. The first-order valence-corrected chi connectivity index (χ1v) is 6.96. The molecule has 2 rings (SSSR count). The number of benzene rings is 2. The van der Waals surface area contributed by atoms with Crippen LogP contribution in [0.4, 0.5) is 0 Å². The maximum absolute atomic E-state index is 10.5. The number of ether oxygens (including phenoxy) is 1. The van der Waals surface area contributed by atoms with Gasteiger partial charge in [0.1, 0.15) is 11.5 Å². The van der Waals surface area contributed by atoms with E-state index in [0.29, 0.717) is 21.5 Å². The number of carboxylic acid groups (broad SMARTS) is 1. The van der Waals surface area contributed by atoms with Gasteiger partial charge in [-0.25, -0.2) is 4.79 Å². The van der Waals surface area contributed by atoms with Crippen LogP contribution >= 0.6 is 15.9 Å². The Morgan fingerprint density at radius 3 is 2.62 bits per heavy atom. The summed E-state index contributed by atoms with van der Waals surface area (Å²) in [6.45, 7) is -0.104. The molecule has 0 fully saturated rings. The Morgan fingerprint density at radius 2 is 1.95 bits per heavy atom. The van der Waals surface area contributed by atoms with Crippen molar-refractivity contribution in [2.75, 3.05) is 0 Å². The molecule has 0 unspecified atom stereocenters. The van der Waals surface area contributed by atoms with E-state index >= 15 is 0 Å². The van der Waals surface area contributed by atoms with Crippen LogP contribution in [0.1, 0.15) is 11.1 Å². The Bertz CT molecular complexity index is 680. The van der Waals surface area contributed by atoms with E-state index in [4.69, 9.17) is 9.84 Å². The summed E-state index contributed by atoms with van der Waals surface area (Å²) in [6, 6.07) is 12.5. The summed E-state index contributed by atoms with van der Waals surface area (Å²) in [6.07, 6.45) is 2.57. The van der Waals surface area contributed by atoms with Gasteiger partial charge in [-0.15, -0.1) is 0 Å². The van der Waals surface area contributed by atoms with Gasteiger partial charge in [0.2, 0.25) is 0 Å². The van der Waals surface area contributed by atoms with Crippen LogP contribution < -0.4 is 4.74 Å². The topological polar surface area (TPSA) is 66.8 Å². The monoisotopic (exact) mass is 348 g/mol. The molecule has 5 heteroatoms. The van der Waals surface area contributed by atoms with Crippen molar-refractivity contribution in [2.45, 2.75) is 6.61 Å². The third-order valence-corrected chi connectivity index (χ3v) is 3.36. The minimum absolute atomic E-state index is 0.104. The van der Waals surface area contributed by atoms with E-state index in [1.165, 1.54) is 6.08 Å². The Hall–Kier alpha value is -2.11. The normalized spacial score (nSPS) is 10.8. The number of aliphatic hydroxyl groups is 1. The van der Waals surface area contributed by atoms with Crippen molar-refractivity contribution >= 4 is 28.0 Å². The van der Waals surface area contributed by atoms with Gasteiger partial charge in [0.05, 0.1) is 11.1 Å². The van der Waals surface area contributed by atoms with E-state index in [2.05, 4.69) is 15.9 Å². The van der Waals surface area contributed by atoms with Crippen LogP contribution in [-0.4, -0.2) is 16.2 Å². The maximum atomic E-state index is 10.5. The predicted octanol–water partition coefficient (Wildman–Crippen LogP) is 3.83. The van der Waals surface area contributed by atoms with E-state index in [0.717, 1.165) is 11.6 Å². The highest BCUT2D eigenvalue weighted by atomic mass is 79.9. The highest BCUT2D eigenvalue weighted by Gasteiger charge is 2.07. The van der Waals surface area contributed by atoms with Crippen molar-refractivity contribution in [3.8, 4) is 11.5 Å². The number of hydrogen-bond donors (Lipinski definition) is 2. The molecule has 0 aliphatic carbocycles. The van der Waals surface area contributed by atoms with Crippen LogP contribution in [0, 0.1) is 0 Å². The zero-order valence-corrected chi connectivity index (χ0v) is 12.6. The van der Waals surface area contributed by atoms with Gasteiger partial charge >= 0.3 is 5.97 Å². The number of hydrogen-bond acceptors (Lipinski definition) is 3. The molecule has 0 spiro atoms. The molecule has 0 aromatic heterocycles. The summed E-state index contributed by atoms with van der Waals surface area (Å²) >= 11 is 3.39. The van der Waals surface area contributed by atoms with E-state index in [1.54, 1.807) is 30.3 Å². The zero-order valence-electron chi connectivity index (χ0n) is 11.0. The van der Waals surface area contributed by atoms with Crippen molar-refractivity contribution < 1.29 is 19.7 Å². The van der Waals surface area contributed by atoms with Gasteiger partial charge in [0, 0.05) is 11.6 Å². The Kier molecular flexibility index (Phi) is 5.14. The Labute approximate surface area is 130 Å². The summed E-state index contributed by atoms with van der Waals surface area (Å²) in [5.74, 6) is 0.168. The fourth-order valence-corrected chi connectivity index (χ4v) is 2.20. The van der Waals surface area contributed by atoms with Crippen LogP contribution in [-0.2, 0) is 11.4 Å². The predicted molar refractivity (Wildman–Crippen MR) is 83.3 cm³/mol. The highest BCUT2D eigenvalue weighted by Crippen LogP contribution is 2.32. The number of aliphatic carboxylic acids is 1. The summed E-state index contributed by atoms with van der Waals surface area (Å²) in [5.41, 5.74) is 1.44. The second-order valence-corrected chi connectivity index (χ2v) is 5.08. The lowest BCUT2D eigenvalue weighted by atomic mass is 10.2. The summed E-state index contributed by atoms with van der Waals surface area (Å²) in [5, 5.41) is 17.9. The largest absolute Gasteiger partial charge is 0.478 e. The van der Waals surface area contributed by atoms with Gasteiger partial charge in [-0.1, -0.05) is 24.3 Å². The summed E-state index contributed by atoms with van der Waals surface area (Å²) in [7, 11) is 0. The van der Waals surface area contributed by atoms with Crippen molar-refractivity contribution in [2.24, 2.45) is 0 Å². The zero-order chi connectivity index (χ0) is 15.2. The Balaban J connectivity index is 2.23. The molecule has 0 radical (unpaired) electrons. The Morgan fingerprint density at radius 1 is 1.19 bits per heavy atom. The van der Waals surface area contributed by atoms with Crippen LogP contribution in [0.3, 0.4) is 0 Å². The molecule has 0 bridgehead atoms. The van der Waals surface area contributed by atoms with Gasteiger partial charge in [0.25, 0.3) is 0 Å². The number of rotatable bonds is 5. The minimum atomic E-state index is -0.997. The number of carboxylic acids is 1. The fourth-order valence-electron chi connectivity index (χ4n) is 1.72. The fraction of sp³-hybridized carbons (Fsp3) is 0.0625. The first-order valence-electron chi connectivity index (χ1n) is 6.17.